The van der Waals surface area contributed by atoms with Crippen molar-refractivity contribution >= 4 is 29.8 Å². The summed E-state index contributed by atoms with van der Waals surface area (Å²) in [5.74, 6) is -3.71. The maximum absolute atomic E-state index is 14.0. The molecule has 0 saturated carbocycles. The number of carbonyl (C=O) groups is 4. The summed E-state index contributed by atoms with van der Waals surface area (Å²) in [5, 5.41) is 11.8. The number of nitrogens with one attached hydrogen (secondary N) is 1. The zero-order valence-corrected chi connectivity index (χ0v) is 29.3. The molecular formula is C37H49F3N2O9. The topological polar surface area (TPSA) is 141 Å². The first-order valence-corrected chi connectivity index (χ1v) is 17.9. The van der Waals surface area contributed by atoms with Gasteiger partial charge in [0, 0.05) is 44.0 Å². The number of amides is 2. The minimum atomic E-state index is -4.69. The van der Waals surface area contributed by atoms with Gasteiger partial charge in [-0.1, -0.05) is 57.7 Å². The molecule has 4 atom stereocenters. The second kappa shape index (κ2) is 18.7. The van der Waals surface area contributed by atoms with Crippen LogP contribution in [0, 0.1) is 0 Å². The van der Waals surface area contributed by atoms with E-state index in [9.17, 15) is 37.5 Å². The maximum atomic E-state index is 14.0. The minimum absolute atomic E-state index is 0.0155. The van der Waals surface area contributed by atoms with Gasteiger partial charge in [-0.05, 0) is 49.5 Å². The molecule has 2 fully saturated rings. The highest BCUT2D eigenvalue weighted by molar-refractivity contribution is 5.98. The number of benzene rings is 1. The second-order valence-electron chi connectivity index (χ2n) is 13.1. The first kappa shape index (κ1) is 40.0. The van der Waals surface area contributed by atoms with Crippen LogP contribution in [0.15, 0.2) is 42.0 Å². The molecule has 11 nitrogen and oxygen atoms in total. The van der Waals surface area contributed by atoms with Crippen molar-refractivity contribution < 1.29 is 56.4 Å². The lowest BCUT2D eigenvalue weighted by Crippen LogP contribution is -2.49. The van der Waals surface area contributed by atoms with Gasteiger partial charge in [0.2, 0.25) is 11.8 Å². The van der Waals surface area contributed by atoms with Gasteiger partial charge in [-0.2, -0.15) is 13.2 Å². The molecule has 1 aliphatic carbocycles. The van der Waals surface area contributed by atoms with Crippen molar-refractivity contribution in [1.29, 1.82) is 0 Å². The quantitative estimate of drug-likeness (QED) is 0.123. The number of unbranched alkanes of at least 4 members (excludes halogenated alkanes) is 4. The van der Waals surface area contributed by atoms with Crippen molar-refractivity contribution in [3.05, 3.63) is 53.1 Å². The molecule has 0 radical (unpaired) electrons. The van der Waals surface area contributed by atoms with Gasteiger partial charge in [-0.15, -0.1) is 0 Å². The number of hydrogen-bond donors (Lipinski definition) is 2. The van der Waals surface area contributed by atoms with Gasteiger partial charge in [-0.25, -0.2) is 9.59 Å². The first-order chi connectivity index (χ1) is 24.4. The lowest BCUT2D eigenvalue weighted by Gasteiger charge is -2.33. The number of halogens is 3. The van der Waals surface area contributed by atoms with Crippen molar-refractivity contribution in [2.24, 2.45) is 0 Å². The summed E-state index contributed by atoms with van der Waals surface area (Å²) in [5.41, 5.74) is 0.558. The molecule has 1 aromatic carbocycles. The molecule has 0 aromatic heterocycles. The van der Waals surface area contributed by atoms with Crippen LogP contribution in [-0.2, 0) is 33.3 Å². The number of carbonyl (C=O) groups excluding carboxylic acids is 4. The summed E-state index contributed by atoms with van der Waals surface area (Å²) in [4.78, 5) is 54.1. The van der Waals surface area contributed by atoms with E-state index in [-0.39, 0.29) is 42.5 Å². The van der Waals surface area contributed by atoms with E-state index in [4.69, 9.17) is 14.2 Å². The molecule has 3 aliphatic rings. The Kier molecular flexibility index (Phi) is 14.6. The van der Waals surface area contributed by atoms with Gasteiger partial charge in [0.05, 0.1) is 12.2 Å². The van der Waals surface area contributed by atoms with Crippen molar-refractivity contribution in [3.8, 4) is 0 Å². The Labute approximate surface area is 296 Å². The van der Waals surface area contributed by atoms with Crippen LogP contribution < -0.4 is 5.32 Å². The highest BCUT2D eigenvalue weighted by atomic mass is 19.4. The van der Waals surface area contributed by atoms with E-state index >= 15 is 0 Å². The fourth-order valence-corrected chi connectivity index (χ4v) is 6.74. The van der Waals surface area contributed by atoms with Crippen LogP contribution in [-0.4, -0.2) is 96.4 Å². The fourth-order valence-electron chi connectivity index (χ4n) is 6.74. The third-order valence-electron chi connectivity index (χ3n) is 9.22. The second-order valence-corrected chi connectivity index (χ2v) is 13.1. The Morgan fingerprint density at radius 3 is 2.43 bits per heavy atom. The van der Waals surface area contributed by atoms with Crippen molar-refractivity contribution in [2.75, 3.05) is 26.3 Å². The first-order valence-electron chi connectivity index (χ1n) is 17.9. The summed E-state index contributed by atoms with van der Waals surface area (Å²) in [6, 6.07) is 5.40. The number of hydrogen-bond acceptors (Lipinski definition) is 9. The highest BCUT2D eigenvalue weighted by Crippen LogP contribution is 2.43. The predicted octanol–water partition coefficient (Wildman–Crippen LogP) is 5.40. The van der Waals surface area contributed by atoms with E-state index in [1.165, 1.54) is 23.1 Å². The van der Waals surface area contributed by atoms with E-state index in [0.717, 1.165) is 44.6 Å². The summed E-state index contributed by atoms with van der Waals surface area (Å²) >= 11 is 0. The average Bonchev–Trinajstić information content (AvgIpc) is 3.74. The van der Waals surface area contributed by atoms with E-state index in [1.54, 1.807) is 18.2 Å². The molecule has 2 saturated heterocycles. The van der Waals surface area contributed by atoms with Gasteiger partial charge in [-0.3, -0.25) is 9.59 Å². The van der Waals surface area contributed by atoms with E-state index in [0.29, 0.717) is 37.8 Å². The smallest absolute Gasteiger partial charge is 0.422 e. The molecule has 4 rings (SSSR count). The number of nitrogens with zero attached hydrogens (tertiary/aromatic N) is 1. The van der Waals surface area contributed by atoms with Crippen molar-refractivity contribution in [3.63, 3.8) is 0 Å². The van der Waals surface area contributed by atoms with Crippen LogP contribution in [0.3, 0.4) is 0 Å². The maximum Gasteiger partial charge on any atom is 0.422 e. The standard InChI is InChI=1S/C37H49F3N2O9/c1-3-5-9-17-36(18-10-6-4-2)50-30-23-26(34(46)42-20-11-14-28(42)33(45)41-19-21-43)22-29(32(30)51-36)49-35(47)27-13-8-7-12-25(27)15-16-31(44)48-24-37(38,39)40/h7-8,12-13,15-16,23,28-30,32,43H,3-6,9-11,14,17-22,24H2,1-2H3,(H,41,45). The van der Waals surface area contributed by atoms with Crippen LogP contribution in [0.1, 0.15) is 100 Å². The lowest BCUT2D eigenvalue weighted by molar-refractivity contribution is -0.190. The van der Waals surface area contributed by atoms with E-state index in [1.807, 2.05) is 0 Å². The fraction of sp³-hybridized carbons (Fsp3) is 0.622. The molecule has 14 heteroatoms. The van der Waals surface area contributed by atoms with Crippen LogP contribution in [0.5, 0.6) is 0 Å². The largest absolute Gasteiger partial charge is 0.456 e. The molecule has 2 aliphatic heterocycles. The molecule has 4 unspecified atom stereocenters. The SMILES string of the molecule is CCCCCC1(CCCCC)OC2C=C(C(=O)N3CCCC3C(=O)NCCO)CC(OC(=O)c3ccccc3C=CC(=O)OCC(F)(F)F)C2O1. The third-order valence-corrected chi connectivity index (χ3v) is 9.22. The van der Waals surface area contributed by atoms with Gasteiger partial charge in [0.15, 0.2) is 12.4 Å². The van der Waals surface area contributed by atoms with Crippen LogP contribution in [0.25, 0.3) is 6.08 Å². The Morgan fingerprint density at radius 1 is 1.06 bits per heavy atom. The number of fused-ring (bicyclic) bond motifs is 1. The van der Waals surface area contributed by atoms with Crippen LogP contribution in [0.4, 0.5) is 13.2 Å². The minimum Gasteiger partial charge on any atom is -0.456 e. The van der Waals surface area contributed by atoms with E-state index in [2.05, 4.69) is 23.9 Å². The number of alkyl halides is 3. The molecule has 1 aromatic rings. The van der Waals surface area contributed by atoms with Crippen LogP contribution in [0.2, 0.25) is 0 Å². The van der Waals surface area contributed by atoms with Gasteiger partial charge < -0.3 is 34.3 Å². The molecule has 282 valence electrons. The number of likely N-dealkylation sites (tertiary alicyclic amines) is 1. The summed E-state index contributed by atoms with van der Waals surface area (Å²) in [6.45, 7) is 2.65. The third kappa shape index (κ3) is 11.1. The van der Waals surface area contributed by atoms with Crippen molar-refractivity contribution in [2.45, 2.75) is 121 Å². The Hall–Kier alpha value is -3.75. The van der Waals surface area contributed by atoms with Gasteiger partial charge in [0.25, 0.3) is 0 Å². The average molecular weight is 723 g/mol. The Balaban J connectivity index is 1.61. The number of rotatable bonds is 17. The number of ether oxygens (including phenoxy) is 4. The molecule has 0 bridgehead atoms. The lowest BCUT2D eigenvalue weighted by atomic mass is 9.91. The molecule has 2 amide bonds. The van der Waals surface area contributed by atoms with E-state index < -0.39 is 54.9 Å². The number of aliphatic hydroxyl groups is 1. The zero-order chi connectivity index (χ0) is 37.0. The Morgan fingerprint density at radius 2 is 1.76 bits per heavy atom. The molecule has 2 N–H and O–H groups in total. The highest BCUT2D eigenvalue weighted by Gasteiger charge is 2.53. The van der Waals surface area contributed by atoms with Crippen LogP contribution >= 0.6 is 0 Å². The summed E-state index contributed by atoms with van der Waals surface area (Å²) in [6.07, 6.45) is 4.52. The number of aliphatic hydroxyl groups excluding tert-OH is 1. The summed E-state index contributed by atoms with van der Waals surface area (Å²) in [7, 11) is 0. The zero-order valence-electron chi connectivity index (χ0n) is 29.3. The molecular weight excluding hydrogens is 673 g/mol. The van der Waals surface area contributed by atoms with Gasteiger partial charge >= 0.3 is 18.1 Å². The van der Waals surface area contributed by atoms with Crippen molar-refractivity contribution in [1.82, 2.24) is 10.2 Å². The number of esters is 2. The summed E-state index contributed by atoms with van der Waals surface area (Å²) < 4.78 is 61.2. The molecule has 2 heterocycles. The molecule has 51 heavy (non-hydrogen) atoms. The normalized spacial score (nSPS) is 22.8. The monoisotopic (exact) mass is 722 g/mol. The van der Waals surface area contributed by atoms with Gasteiger partial charge in [0.1, 0.15) is 24.4 Å². The predicted molar refractivity (Wildman–Crippen MR) is 180 cm³/mol. The molecule has 0 spiro atoms. The Bertz CT molecular complexity index is 1420.